The summed E-state index contributed by atoms with van der Waals surface area (Å²) in [5.41, 5.74) is 0.680. The molecule has 0 amide bonds. The van der Waals surface area contributed by atoms with E-state index < -0.39 is 5.97 Å². The molecule has 0 fully saturated rings. The fraction of sp³-hybridized carbons (Fsp3) is 0.100. The summed E-state index contributed by atoms with van der Waals surface area (Å²) in [6.07, 6.45) is 1.30. The van der Waals surface area contributed by atoms with Crippen molar-refractivity contribution < 1.29 is 9.53 Å². The van der Waals surface area contributed by atoms with Gasteiger partial charge in [0.25, 0.3) is 0 Å². The fourth-order valence-electron chi connectivity index (χ4n) is 1.30. The molecule has 0 aliphatic rings. The van der Waals surface area contributed by atoms with E-state index in [0.29, 0.717) is 11.3 Å². The Balaban J connectivity index is 2.37. The Morgan fingerprint density at radius 3 is 2.56 bits per heavy atom. The van der Waals surface area contributed by atoms with Crippen molar-refractivity contribution in [3.8, 4) is 5.69 Å². The van der Waals surface area contributed by atoms with Gasteiger partial charge in [0.05, 0.1) is 18.4 Å². The van der Waals surface area contributed by atoms with Crippen molar-refractivity contribution in [3.63, 3.8) is 0 Å². The third-order valence-electron chi connectivity index (χ3n) is 2.09. The second kappa shape index (κ2) is 4.01. The molecule has 0 spiro atoms. The third-order valence-corrected chi connectivity index (χ3v) is 2.09. The molecular weight excluding hydrogens is 210 g/mol. The highest BCUT2D eigenvalue weighted by atomic mass is 16.5. The van der Waals surface area contributed by atoms with E-state index in [1.165, 1.54) is 18.1 Å². The summed E-state index contributed by atoms with van der Waals surface area (Å²) in [5, 5.41) is 3.81. The number of benzene rings is 1. The predicted octanol–water partition coefficient (Wildman–Crippen LogP) is 0.347. The van der Waals surface area contributed by atoms with Crippen LogP contribution in [0.2, 0.25) is 0 Å². The maximum absolute atomic E-state index is 11.2. The van der Waals surface area contributed by atoms with Crippen LogP contribution in [0.25, 0.3) is 5.69 Å². The van der Waals surface area contributed by atoms with Crippen molar-refractivity contribution >= 4 is 5.97 Å². The van der Waals surface area contributed by atoms with Crippen molar-refractivity contribution in [2.75, 3.05) is 7.11 Å². The summed E-state index contributed by atoms with van der Waals surface area (Å²) in [4.78, 5) is 24.8. The largest absolute Gasteiger partial charge is 0.465 e. The van der Waals surface area contributed by atoms with Crippen molar-refractivity contribution in [1.29, 1.82) is 0 Å². The average molecular weight is 219 g/mol. The van der Waals surface area contributed by atoms with Crippen LogP contribution in [0, 0.1) is 0 Å². The molecular formula is C10H9N3O3. The first-order valence-corrected chi connectivity index (χ1v) is 4.54. The lowest BCUT2D eigenvalue weighted by molar-refractivity contribution is 0.0601. The van der Waals surface area contributed by atoms with Crippen LogP contribution in [0.1, 0.15) is 10.4 Å². The number of rotatable bonds is 2. The molecule has 6 nitrogen and oxygen atoms in total. The van der Waals surface area contributed by atoms with E-state index in [9.17, 15) is 9.59 Å². The van der Waals surface area contributed by atoms with Gasteiger partial charge in [-0.2, -0.15) is 9.78 Å². The number of carbonyl (C=O) groups is 1. The molecule has 0 bridgehead atoms. The number of nitrogens with one attached hydrogen (secondary N) is 1. The van der Waals surface area contributed by atoms with E-state index in [1.807, 2.05) is 0 Å². The third kappa shape index (κ3) is 1.72. The van der Waals surface area contributed by atoms with Crippen molar-refractivity contribution in [3.05, 3.63) is 46.6 Å². The monoisotopic (exact) mass is 219 g/mol. The number of nitrogens with zero attached hydrogens (tertiary/aromatic N) is 2. The van der Waals surface area contributed by atoms with Gasteiger partial charge in [-0.3, -0.25) is 4.98 Å². The molecule has 0 unspecified atom stereocenters. The normalized spacial score (nSPS) is 10.1. The molecule has 0 radical (unpaired) electrons. The zero-order valence-electron chi connectivity index (χ0n) is 8.51. The van der Waals surface area contributed by atoms with Gasteiger partial charge in [-0.05, 0) is 24.3 Å². The van der Waals surface area contributed by atoms with E-state index in [1.54, 1.807) is 24.3 Å². The zero-order chi connectivity index (χ0) is 11.5. The summed E-state index contributed by atoms with van der Waals surface area (Å²) < 4.78 is 5.76. The first kappa shape index (κ1) is 10.2. The molecule has 2 rings (SSSR count). The van der Waals surface area contributed by atoms with Gasteiger partial charge in [0.1, 0.15) is 6.33 Å². The molecule has 1 aromatic carbocycles. The van der Waals surface area contributed by atoms with Crippen molar-refractivity contribution in [2.45, 2.75) is 0 Å². The summed E-state index contributed by atoms with van der Waals surface area (Å²) in [6, 6.07) is 6.38. The molecule has 0 aliphatic heterocycles. The van der Waals surface area contributed by atoms with Gasteiger partial charge in [-0.25, -0.2) is 9.59 Å². The topological polar surface area (TPSA) is 77.0 Å². The van der Waals surface area contributed by atoms with Gasteiger partial charge in [-0.1, -0.05) is 0 Å². The Kier molecular flexibility index (Phi) is 2.55. The summed E-state index contributed by atoms with van der Waals surface area (Å²) >= 11 is 0. The number of ether oxygens (including phenoxy) is 1. The second-order valence-corrected chi connectivity index (χ2v) is 3.04. The number of carbonyl (C=O) groups excluding carboxylic acids is 1. The summed E-state index contributed by atoms with van der Waals surface area (Å²) in [6.45, 7) is 0. The minimum atomic E-state index is -0.416. The SMILES string of the molecule is COC(=O)c1ccc(-n2nc[nH]c2=O)cc1. The maximum atomic E-state index is 11.2. The van der Waals surface area contributed by atoms with E-state index in [0.717, 1.165) is 0 Å². The highest BCUT2D eigenvalue weighted by molar-refractivity contribution is 5.89. The lowest BCUT2D eigenvalue weighted by atomic mass is 10.2. The van der Waals surface area contributed by atoms with E-state index in [-0.39, 0.29) is 5.69 Å². The Hall–Kier alpha value is -2.37. The number of aromatic nitrogens is 3. The molecule has 1 heterocycles. The maximum Gasteiger partial charge on any atom is 0.347 e. The number of H-pyrrole nitrogens is 1. The van der Waals surface area contributed by atoms with Crippen LogP contribution in [-0.4, -0.2) is 27.8 Å². The molecule has 0 aliphatic carbocycles. The fourth-order valence-corrected chi connectivity index (χ4v) is 1.30. The number of aromatic amines is 1. The molecule has 1 aromatic heterocycles. The molecule has 0 atom stereocenters. The minimum Gasteiger partial charge on any atom is -0.465 e. The molecule has 6 heteroatoms. The molecule has 0 saturated heterocycles. The van der Waals surface area contributed by atoms with Crippen molar-refractivity contribution in [1.82, 2.24) is 14.8 Å². The highest BCUT2D eigenvalue weighted by Crippen LogP contribution is 2.07. The van der Waals surface area contributed by atoms with E-state index >= 15 is 0 Å². The van der Waals surface area contributed by atoms with Crippen molar-refractivity contribution in [2.24, 2.45) is 0 Å². The summed E-state index contributed by atoms with van der Waals surface area (Å²) in [5.74, 6) is -0.416. The van der Waals surface area contributed by atoms with Gasteiger partial charge in [0.15, 0.2) is 0 Å². The minimum absolute atomic E-state index is 0.328. The molecule has 1 N–H and O–H groups in total. The van der Waals surface area contributed by atoms with E-state index in [2.05, 4.69) is 14.8 Å². The van der Waals surface area contributed by atoms with Gasteiger partial charge >= 0.3 is 11.7 Å². The molecule has 2 aromatic rings. The summed E-state index contributed by atoms with van der Waals surface area (Å²) in [7, 11) is 1.31. The predicted molar refractivity (Wildman–Crippen MR) is 55.5 cm³/mol. The average Bonchev–Trinajstić information content (AvgIpc) is 2.75. The Bertz CT molecular complexity index is 553. The number of hydrogen-bond acceptors (Lipinski definition) is 4. The van der Waals surface area contributed by atoms with Crippen LogP contribution in [0.5, 0.6) is 0 Å². The van der Waals surface area contributed by atoms with Gasteiger partial charge < -0.3 is 4.74 Å². The lowest BCUT2D eigenvalue weighted by Crippen LogP contribution is -2.16. The van der Waals surface area contributed by atoms with Crippen LogP contribution in [0.4, 0.5) is 0 Å². The highest BCUT2D eigenvalue weighted by Gasteiger charge is 2.06. The number of hydrogen-bond donors (Lipinski definition) is 1. The molecule has 0 saturated carbocycles. The first-order chi connectivity index (χ1) is 7.72. The van der Waals surface area contributed by atoms with Crippen LogP contribution in [0.3, 0.4) is 0 Å². The Morgan fingerprint density at radius 1 is 1.38 bits per heavy atom. The second-order valence-electron chi connectivity index (χ2n) is 3.04. The van der Waals surface area contributed by atoms with E-state index in [4.69, 9.17) is 0 Å². The van der Waals surface area contributed by atoms with Crippen LogP contribution >= 0.6 is 0 Å². The van der Waals surface area contributed by atoms with Crippen LogP contribution in [-0.2, 0) is 4.74 Å². The number of esters is 1. The Morgan fingerprint density at radius 2 is 2.06 bits per heavy atom. The van der Waals surface area contributed by atoms with Crippen LogP contribution in [0.15, 0.2) is 35.4 Å². The zero-order valence-corrected chi connectivity index (χ0v) is 8.51. The Labute approximate surface area is 90.5 Å². The first-order valence-electron chi connectivity index (χ1n) is 4.54. The number of methoxy groups -OCH3 is 1. The van der Waals surface area contributed by atoms with Gasteiger partial charge in [-0.15, -0.1) is 0 Å². The molecule has 16 heavy (non-hydrogen) atoms. The quantitative estimate of drug-likeness (QED) is 0.739. The van der Waals surface area contributed by atoms with Gasteiger partial charge in [0, 0.05) is 0 Å². The van der Waals surface area contributed by atoms with Gasteiger partial charge in [0.2, 0.25) is 0 Å². The smallest absolute Gasteiger partial charge is 0.347 e. The lowest BCUT2D eigenvalue weighted by Gasteiger charge is -2.01. The van der Waals surface area contributed by atoms with Crippen LogP contribution < -0.4 is 5.69 Å². The standard InChI is InChI=1S/C10H9N3O3/c1-16-9(14)7-2-4-8(5-3-7)13-10(15)11-6-12-13/h2-6H,1H3,(H,11,12,15). The molecule has 82 valence electrons.